The van der Waals surface area contributed by atoms with Crippen molar-refractivity contribution in [1.29, 1.82) is 5.26 Å². The van der Waals surface area contributed by atoms with Crippen molar-refractivity contribution in [2.45, 2.75) is 64.9 Å². The third-order valence-corrected chi connectivity index (χ3v) is 4.19. The van der Waals surface area contributed by atoms with Gasteiger partial charge in [0.1, 0.15) is 11.9 Å². The van der Waals surface area contributed by atoms with Crippen molar-refractivity contribution in [3.63, 3.8) is 0 Å². The minimum atomic E-state index is 0.0398. The van der Waals surface area contributed by atoms with Crippen LogP contribution < -0.4 is 4.74 Å². The second-order valence-corrected chi connectivity index (χ2v) is 6.23. The fourth-order valence-electron chi connectivity index (χ4n) is 2.95. The number of hydrogen-bond donors (Lipinski definition) is 0. The van der Waals surface area contributed by atoms with E-state index in [1.807, 2.05) is 0 Å². The predicted molar refractivity (Wildman–Crippen MR) is 81.9 cm³/mol. The van der Waals surface area contributed by atoms with Gasteiger partial charge in [0.15, 0.2) is 0 Å². The first-order valence-corrected chi connectivity index (χ1v) is 7.78. The van der Waals surface area contributed by atoms with Crippen molar-refractivity contribution in [3.05, 3.63) is 29.3 Å². The first-order valence-electron chi connectivity index (χ1n) is 7.78. The van der Waals surface area contributed by atoms with Crippen molar-refractivity contribution in [2.24, 2.45) is 5.92 Å². The summed E-state index contributed by atoms with van der Waals surface area (Å²) in [7, 11) is 0. The third kappa shape index (κ3) is 3.54. The highest BCUT2D eigenvalue weighted by molar-refractivity contribution is 5.39. The van der Waals surface area contributed by atoms with Crippen LogP contribution in [0.1, 0.15) is 63.0 Å². The Bertz CT molecular complexity index is 487. The Hall–Kier alpha value is -1.49. The van der Waals surface area contributed by atoms with E-state index in [0.717, 1.165) is 25.0 Å². The van der Waals surface area contributed by atoms with Crippen LogP contribution in [0.2, 0.25) is 0 Å². The highest BCUT2D eigenvalue weighted by atomic mass is 16.5. The van der Waals surface area contributed by atoms with E-state index in [1.54, 1.807) is 0 Å². The molecular weight excluding hydrogens is 246 g/mol. The van der Waals surface area contributed by atoms with E-state index in [4.69, 9.17) is 4.74 Å². The van der Waals surface area contributed by atoms with E-state index < -0.39 is 0 Å². The molecule has 108 valence electrons. The molecule has 0 aliphatic heterocycles. The van der Waals surface area contributed by atoms with Gasteiger partial charge in [-0.05, 0) is 49.3 Å². The lowest BCUT2D eigenvalue weighted by Gasteiger charge is -2.24. The Balaban J connectivity index is 2.23. The van der Waals surface area contributed by atoms with Crippen molar-refractivity contribution in [3.8, 4) is 11.8 Å². The summed E-state index contributed by atoms with van der Waals surface area (Å²) in [4.78, 5) is 0. The van der Waals surface area contributed by atoms with Crippen LogP contribution in [0.5, 0.6) is 5.75 Å². The first-order chi connectivity index (χ1) is 9.61. The Morgan fingerprint density at radius 3 is 2.65 bits per heavy atom. The normalized spacial score (nSPS) is 23.1. The van der Waals surface area contributed by atoms with Crippen molar-refractivity contribution in [1.82, 2.24) is 0 Å². The molecule has 2 heteroatoms. The highest BCUT2D eigenvalue weighted by Gasteiger charge is 2.26. The number of ether oxygens (including phenoxy) is 1. The quantitative estimate of drug-likeness (QED) is 0.727. The monoisotopic (exact) mass is 271 g/mol. The lowest BCUT2D eigenvalue weighted by Crippen LogP contribution is -2.25. The molecule has 2 nitrogen and oxygen atoms in total. The average Bonchev–Trinajstić information content (AvgIpc) is 2.63. The Kier molecular flexibility index (Phi) is 5.06. The van der Waals surface area contributed by atoms with Gasteiger partial charge in [0, 0.05) is 0 Å². The van der Waals surface area contributed by atoms with Gasteiger partial charge >= 0.3 is 0 Å². The number of benzene rings is 1. The fourth-order valence-corrected chi connectivity index (χ4v) is 2.95. The molecule has 1 aliphatic carbocycles. The Labute approximate surface area is 122 Å². The second-order valence-electron chi connectivity index (χ2n) is 6.23. The molecular formula is C18H25NO. The molecule has 0 saturated heterocycles. The van der Waals surface area contributed by atoms with Crippen molar-refractivity contribution < 1.29 is 4.74 Å². The van der Waals surface area contributed by atoms with Gasteiger partial charge in [-0.3, -0.25) is 0 Å². The van der Waals surface area contributed by atoms with Gasteiger partial charge in [-0.15, -0.1) is 0 Å². The Morgan fingerprint density at radius 2 is 1.95 bits per heavy atom. The summed E-state index contributed by atoms with van der Waals surface area (Å²) in [5, 5.41) is 9.37. The van der Waals surface area contributed by atoms with E-state index >= 15 is 0 Å². The minimum Gasteiger partial charge on any atom is -0.489 e. The van der Waals surface area contributed by atoms with Crippen LogP contribution in [0.4, 0.5) is 0 Å². The molecule has 0 radical (unpaired) electrons. The fraction of sp³-hybridized carbons (Fsp3) is 0.611. The molecule has 1 aromatic carbocycles. The summed E-state index contributed by atoms with van der Waals surface area (Å²) in [5.74, 6) is 1.46. The van der Waals surface area contributed by atoms with Gasteiger partial charge in [-0.2, -0.15) is 5.26 Å². The summed E-state index contributed by atoms with van der Waals surface area (Å²) in [5.41, 5.74) is 2.46. The molecule has 0 heterocycles. The van der Waals surface area contributed by atoms with E-state index in [9.17, 15) is 5.26 Å². The maximum absolute atomic E-state index is 9.37. The molecule has 2 unspecified atom stereocenters. The topological polar surface area (TPSA) is 33.0 Å². The van der Waals surface area contributed by atoms with Gasteiger partial charge in [0.05, 0.1) is 12.0 Å². The van der Waals surface area contributed by atoms with Crippen molar-refractivity contribution in [2.75, 3.05) is 0 Å². The first kappa shape index (κ1) is 14.9. The van der Waals surface area contributed by atoms with Crippen LogP contribution in [0.15, 0.2) is 18.2 Å². The van der Waals surface area contributed by atoms with E-state index in [0.29, 0.717) is 5.92 Å². The zero-order valence-corrected chi connectivity index (χ0v) is 12.9. The van der Waals surface area contributed by atoms with Crippen molar-refractivity contribution >= 4 is 0 Å². The van der Waals surface area contributed by atoms with Crippen LogP contribution in [0, 0.1) is 24.2 Å². The van der Waals surface area contributed by atoms with Gasteiger partial charge in [-0.25, -0.2) is 0 Å². The van der Waals surface area contributed by atoms with Crippen LogP contribution >= 0.6 is 0 Å². The summed E-state index contributed by atoms with van der Waals surface area (Å²) in [6.45, 7) is 6.46. The zero-order valence-electron chi connectivity index (χ0n) is 12.9. The van der Waals surface area contributed by atoms with E-state index in [1.165, 1.54) is 24.0 Å². The molecule has 0 bridgehead atoms. The molecule has 20 heavy (non-hydrogen) atoms. The molecule has 1 saturated carbocycles. The SMILES string of the molecule is Cc1ccc(C(C)C)c(OC2CCCCCC2C#N)c1. The van der Waals surface area contributed by atoms with Crippen LogP contribution in [-0.2, 0) is 0 Å². The van der Waals surface area contributed by atoms with E-state index in [-0.39, 0.29) is 12.0 Å². The largest absolute Gasteiger partial charge is 0.489 e. The number of nitrogens with zero attached hydrogens (tertiary/aromatic N) is 1. The number of hydrogen-bond acceptors (Lipinski definition) is 2. The van der Waals surface area contributed by atoms with Crippen LogP contribution in [0.25, 0.3) is 0 Å². The van der Waals surface area contributed by atoms with Gasteiger partial charge in [-0.1, -0.05) is 38.8 Å². The maximum Gasteiger partial charge on any atom is 0.123 e. The smallest absolute Gasteiger partial charge is 0.123 e. The second kappa shape index (κ2) is 6.79. The highest BCUT2D eigenvalue weighted by Crippen LogP contribution is 2.32. The summed E-state index contributed by atoms with van der Waals surface area (Å²) < 4.78 is 6.29. The predicted octanol–water partition coefficient (Wildman–Crippen LogP) is 4.97. The maximum atomic E-state index is 9.37. The molecule has 0 N–H and O–H groups in total. The molecule has 0 aromatic heterocycles. The summed E-state index contributed by atoms with van der Waals surface area (Å²) in [6.07, 6.45) is 5.59. The molecule has 1 fully saturated rings. The molecule has 2 rings (SSSR count). The standard InChI is InChI=1S/C18H25NO/c1-13(2)16-10-9-14(3)11-18(16)20-17-8-6-4-5-7-15(17)12-19/h9-11,13,15,17H,4-8H2,1-3H3. The number of rotatable bonds is 3. The van der Waals surface area contributed by atoms with Gasteiger partial charge < -0.3 is 4.74 Å². The number of nitriles is 1. The van der Waals surface area contributed by atoms with E-state index in [2.05, 4.69) is 45.0 Å². The molecule has 0 amide bonds. The van der Waals surface area contributed by atoms with Crippen LogP contribution in [0.3, 0.4) is 0 Å². The average molecular weight is 271 g/mol. The van der Waals surface area contributed by atoms with Gasteiger partial charge in [0.25, 0.3) is 0 Å². The number of aryl methyl sites for hydroxylation is 1. The van der Waals surface area contributed by atoms with Crippen LogP contribution in [-0.4, -0.2) is 6.10 Å². The third-order valence-electron chi connectivity index (χ3n) is 4.19. The molecule has 1 aliphatic rings. The zero-order chi connectivity index (χ0) is 14.5. The lowest BCUT2D eigenvalue weighted by molar-refractivity contribution is 0.150. The molecule has 2 atom stereocenters. The lowest BCUT2D eigenvalue weighted by atomic mass is 9.97. The summed E-state index contributed by atoms with van der Waals surface area (Å²) >= 11 is 0. The molecule has 0 spiro atoms. The molecule has 1 aromatic rings. The van der Waals surface area contributed by atoms with Gasteiger partial charge in [0.2, 0.25) is 0 Å². The minimum absolute atomic E-state index is 0.0398. The summed E-state index contributed by atoms with van der Waals surface area (Å²) in [6, 6.07) is 8.87. The Morgan fingerprint density at radius 1 is 1.20 bits per heavy atom.